The lowest BCUT2D eigenvalue weighted by Crippen LogP contribution is -2.12. The van der Waals surface area contributed by atoms with E-state index in [1.54, 1.807) is 18.2 Å². The minimum atomic E-state index is -3.67. The first-order valence-electron chi connectivity index (χ1n) is 7.18. The van der Waals surface area contributed by atoms with Crippen LogP contribution in [-0.4, -0.2) is 15.0 Å². The van der Waals surface area contributed by atoms with Crippen molar-refractivity contribution < 1.29 is 13.2 Å². The Hall–Kier alpha value is -1.76. The molecule has 0 atom stereocenters. The van der Waals surface area contributed by atoms with Crippen molar-refractivity contribution in [3.63, 3.8) is 0 Å². The van der Waals surface area contributed by atoms with Crippen LogP contribution in [0.1, 0.15) is 18.9 Å². The standard InChI is InChI=1S/C16H19ClN2O3S/c1-2-9-22-16-8-3-13(17)10-12(16)11-19-14-4-6-15(7-5-14)23(18,20)21/h3-8,10,19H,2,9,11H2,1H3,(H2,18,20,21). The predicted molar refractivity (Wildman–Crippen MR) is 92.4 cm³/mol. The number of hydrogen-bond donors (Lipinski definition) is 2. The number of primary sulfonamides is 1. The van der Waals surface area contributed by atoms with Crippen molar-refractivity contribution in [3.8, 4) is 5.75 Å². The van der Waals surface area contributed by atoms with Crippen LogP contribution in [0.2, 0.25) is 5.02 Å². The van der Waals surface area contributed by atoms with E-state index in [9.17, 15) is 8.42 Å². The van der Waals surface area contributed by atoms with Crippen molar-refractivity contribution in [2.24, 2.45) is 5.14 Å². The molecule has 3 N–H and O–H groups in total. The minimum absolute atomic E-state index is 0.0813. The first kappa shape index (κ1) is 17.6. The van der Waals surface area contributed by atoms with Crippen molar-refractivity contribution >= 4 is 27.3 Å². The molecule has 0 aliphatic carbocycles. The number of anilines is 1. The van der Waals surface area contributed by atoms with Crippen LogP contribution in [0.4, 0.5) is 5.69 Å². The van der Waals surface area contributed by atoms with Crippen molar-refractivity contribution in [2.45, 2.75) is 24.8 Å². The molecule has 2 aromatic rings. The van der Waals surface area contributed by atoms with E-state index in [2.05, 4.69) is 5.32 Å². The highest BCUT2D eigenvalue weighted by atomic mass is 35.5. The summed E-state index contributed by atoms with van der Waals surface area (Å²) in [6.45, 7) is 3.19. The summed E-state index contributed by atoms with van der Waals surface area (Å²) in [6.07, 6.45) is 0.921. The lowest BCUT2D eigenvalue weighted by atomic mass is 10.2. The van der Waals surface area contributed by atoms with E-state index in [4.69, 9.17) is 21.5 Å². The summed E-state index contributed by atoms with van der Waals surface area (Å²) >= 11 is 6.04. The lowest BCUT2D eigenvalue weighted by molar-refractivity contribution is 0.314. The van der Waals surface area contributed by atoms with Gasteiger partial charge in [0.05, 0.1) is 11.5 Å². The van der Waals surface area contributed by atoms with Crippen LogP contribution in [0, 0.1) is 0 Å². The Morgan fingerprint density at radius 1 is 1.17 bits per heavy atom. The van der Waals surface area contributed by atoms with Crippen LogP contribution in [0.25, 0.3) is 0 Å². The van der Waals surface area contributed by atoms with Gasteiger partial charge in [-0.2, -0.15) is 0 Å². The molecule has 7 heteroatoms. The maximum Gasteiger partial charge on any atom is 0.238 e. The van der Waals surface area contributed by atoms with E-state index in [1.165, 1.54) is 12.1 Å². The van der Waals surface area contributed by atoms with Crippen LogP contribution in [0.5, 0.6) is 5.75 Å². The fraction of sp³-hybridized carbons (Fsp3) is 0.250. The van der Waals surface area contributed by atoms with E-state index < -0.39 is 10.0 Å². The highest BCUT2D eigenvalue weighted by Crippen LogP contribution is 2.24. The molecular formula is C16H19ClN2O3S. The van der Waals surface area contributed by atoms with E-state index in [0.29, 0.717) is 18.2 Å². The third kappa shape index (κ3) is 5.13. The molecule has 0 aliphatic rings. The van der Waals surface area contributed by atoms with Crippen molar-refractivity contribution in [1.82, 2.24) is 0 Å². The Bertz CT molecular complexity index is 761. The molecule has 0 bridgehead atoms. The zero-order valence-corrected chi connectivity index (χ0v) is 14.3. The summed E-state index contributed by atoms with van der Waals surface area (Å²) in [5.41, 5.74) is 1.71. The van der Waals surface area contributed by atoms with Crippen LogP contribution in [-0.2, 0) is 16.6 Å². The molecule has 0 saturated heterocycles. The molecule has 0 aliphatic heterocycles. The summed E-state index contributed by atoms with van der Waals surface area (Å²) in [5.74, 6) is 0.782. The van der Waals surface area contributed by atoms with Gasteiger partial charge in [0, 0.05) is 22.8 Å². The quantitative estimate of drug-likeness (QED) is 0.798. The van der Waals surface area contributed by atoms with Gasteiger partial charge < -0.3 is 10.1 Å². The number of sulfonamides is 1. The third-order valence-corrected chi connectivity index (χ3v) is 4.31. The summed E-state index contributed by atoms with van der Waals surface area (Å²) in [5, 5.41) is 8.92. The summed E-state index contributed by atoms with van der Waals surface area (Å²) < 4.78 is 28.2. The fourth-order valence-corrected chi connectivity index (χ4v) is 2.71. The summed E-state index contributed by atoms with van der Waals surface area (Å²) in [7, 11) is -3.67. The molecule has 0 spiro atoms. The zero-order chi connectivity index (χ0) is 16.9. The molecule has 2 aromatic carbocycles. The molecule has 0 unspecified atom stereocenters. The molecule has 5 nitrogen and oxygen atoms in total. The number of halogens is 1. The molecule has 0 heterocycles. The van der Waals surface area contributed by atoms with Gasteiger partial charge >= 0.3 is 0 Å². The predicted octanol–water partition coefficient (Wildman–Crippen LogP) is 3.39. The van der Waals surface area contributed by atoms with Crippen molar-refractivity contribution in [3.05, 3.63) is 53.1 Å². The van der Waals surface area contributed by atoms with E-state index in [0.717, 1.165) is 23.4 Å². The maximum absolute atomic E-state index is 11.2. The zero-order valence-electron chi connectivity index (χ0n) is 12.8. The Morgan fingerprint density at radius 2 is 1.87 bits per heavy atom. The van der Waals surface area contributed by atoms with E-state index in [-0.39, 0.29) is 4.90 Å². The van der Waals surface area contributed by atoms with Crippen LogP contribution < -0.4 is 15.2 Å². The number of benzene rings is 2. The normalized spacial score (nSPS) is 11.3. The Kier molecular flexibility index (Phi) is 5.87. The number of hydrogen-bond acceptors (Lipinski definition) is 4. The maximum atomic E-state index is 11.2. The van der Waals surface area contributed by atoms with Gasteiger partial charge in [-0.15, -0.1) is 0 Å². The first-order valence-corrected chi connectivity index (χ1v) is 9.10. The Balaban J connectivity index is 2.09. The number of nitrogens with one attached hydrogen (secondary N) is 1. The van der Waals surface area contributed by atoms with E-state index >= 15 is 0 Å². The van der Waals surface area contributed by atoms with Crippen LogP contribution >= 0.6 is 11.6 Å². The monoisotopic (exact) mass is 354 g/mol. The van der Waals surface area contributed by atoms with E-state index in [1.807, 2.05) is 19.1 Å². The SMILES string of the molecule is CCCOc1ccc(Cl)cc1CNc1ccc(S(N)(=O)=O)cc1. The first-order chi connectivity index (χ1) is 10.9. The Morgan fingerprint density at radius 3 is 2.48 bits per heavy atom. The molecule has 0 radical (unpaired) electrons. The molecule has 0 amide bonds. The van der Waals surface area contributed by atoms with Gasteiger partial charge in [-0.25, -0.2) is 13.6 Å². The topological polar surface area (TPSA) is 81.4 Å². The average molecular weight is 355 g/mol. The van der Waals surface area contributed by atoms with Crippen LogP contribution in [0.15, 0.2) is 47.4 Å². The van der Waals surface area contributed by atoms with Crippen LogP contribution in [0.3, 0.4) is 0 Å². The van der Waals surface area contributed by atoms with Gasteiger partial charge in [0.1, 0.15) is 5.75 Å². The molecule has 2 rings (SSSR count). The largest absolute Gasteiger partial charge is 0.493 e. The molecular weight excluding hydrogens is 336 g/mol. The number of rotatable bonds is 7. The molecule has 0 aromatic heterocycles. The smallest absolute Gasteiger partial charge is 0.238 e. The number of nitrogens with two attached hydrogens (primary N) is 1. The summed E-state index contributed by atoms with van der Waals surface area (Å²) in [6, 6.07) is 11.7. The molecule has 0 saturated carbocycles. The molecule has 0 fully saturated rings. The highest BCUT2D eigenvalue weighted by molar-refractivity contribution is 7.89. The minimum Gasteiger partial charge on any atom is -0.493 e. The average Bonchev–Trinajstić information content (AvgIpc) is 2.51. The van der Waals surface area contributed by atoms with Gasteiger partial charge in [-0.3, -0.25) is 0 Å². The molecule has 23 heavy (non-hydrogen) atoms. The van der Waals surface area contributed by atoms with Gasteiger partial charge in [-0.1, -0.05) is 18.5 Å². The summed E-state index contributed by atoms with van der Waals surface area (Å²) in [4.78, 5) is 0.0813. The van der Waals surface area contributed by atoms with Crippen molar-refractivity contribution in [1.29, 1.82) is 0 Å². The number of ether oxygens (including phenoxy) is 1. The second-order valence-corrected chi connectivity index (χ2v) is 7.02. The lowest BCUT2D eigenvalue weighted by Gasteiger charge is -2.13. The Labute approximate surface area is 141 Å². The second kappa shape index (κ2) is 7.68. The van der Waals surface area contributed by atoms with Gasteiger partial charge in [0.2, 0.25) is 10.0 Å². The van der Waals surface area contributed by atoms with Gasteiger partial charge in [0.25, 0.3) is 0 Å². The van der Waals surface area contributed by atoms with Gasteiger partial charge in [0.15, 0.2) is 0 Å². The molecule has 124 valence electrons. The second-order valence-electron chi connectivity index (χ2n) is 5.02. The van der Waals surface area contributed by atoms with Gasteiger partial charge in [-0.05, 0) is 48.9 Å². The fourth-order valence-electron chi connectivity index (χ4n) is 2.00. The van der Waals surface area contributed by atoms with Crippen molar-refractivity contribution in [2.75, 3.05) is 11.9 Å². The highest BCUT2D eigenvalue weighted by Gasteiger charge is 2.08. The third-order valence-electron chi connectivity index (χ3n) is 3.15.